The Kier molecular flexibility index (Phi) is 3.58. The highest BCUT2D eigenvalue weighted by Crippen LogP contribution is 2.37. The van der Waals surface area contributed by atoms with Gasteiger partial charge >= 0.3 is 6.09 Å². The van der Waals surface area contributed by atoms with Crippen molar-refractivity contribution in [3.63, 3.8) is 0 Å². The molecule has 1 atom stereocenters. The predicted octanol–water partition coefficient (Wildman–Crippen LogP) is 2.39. The first kappa shape index (κ1) is 13.7. The molecule has 4 nitrogen and oxygen atoms in total. The van der Waals surface area contributed by atoms with Crippen molar-refractivity contribution in [2.45, 2.75) is 58.6 Å². The average Bonchev–Trinajstić information content (AvgIpc) is 2.99. The molecule has 0 spiro atoms. The lowest BCUT2D eigenvalue weighted by Gasteiger charge is -2.26. The van der Waals surface area contributed by atoms with Crippen LogP contribution in [0.2, 0.25) is 0 Å². The fourth-order valence-electron chi connectivity index (χ4n) is 2.56. The molecule has 4 heteroatoms. The summed E-state index contributed by atoms with van der Waals surface area (Å²) in [5, 5.41) is 2.91. The second kappa shape index (κ2) is 4.72. The van der Waals surface area contributed by atoms with Gasteiger partial charge < -0.3 is 10.1 Å². The highest BCUT2D eigenvalue weighted by atomic mass is 16.6. The third-order valence-corrected chi connectivity index (χ3v) is 3.71. The molecule has 104 valence electrons. The summed E-state index contributed by atoms with van der Waals surface area (Å²) in [5.74, 6) is 0. The molecule has 1 saturated heterocycles. The van der Waals surface area contributed by atoms with E-state index < -0.39 is 5.60 Å². The molecular formula is C14H26N2O2. The van der Waals surface area contributed by atoms with E-state index in [1.54, 1.807) is 0 Å². The number of carbonyl (C=O) groups excluding carboxylic acids is 1. The van der Waals surface area contributed by atoms with E-state index in [2.05, 4.69) is 17.1 Å². The number of rotatable bonds is 3. The summed E-state index contributed by atoms with van der Waals surface area (Å²) in [5.41, 5.74) is -0.208. The second-order valence-electron chi connectivity index (χ2n) is 7.12. The van der Waals surface area contributed by atoms with Gasteiger partial charge in [-0.3, -0.25) is 4.90 Å². The number of hydrogen-bond donors (Lipinski definition) is 1. The molecule has 1 aliphatic heterocycles. The fraction of sp³-hybridized carbons (Fsp3) is 0.929. The maximum absolute atomic E-state index is 11.6. The third-order valence-electron chi connectivity index (χ3n) is 3.71. The topological polar surface area (TPSA) is 41.6 Å². The van der Waals surface area contributed by atoms with Gasteiger partial charge in [-0.1, -0.05) is 6.92 Å². The van der Waals surface area contributed by atoms with Crippen LogP contribution in [-0.4, -0.2) is 42.3 Å². The van der Waals surface area contributed by atoms with Crippen molar-refractivity contribution in [1.82, 2.24) is 10.2 Å². The highest BCUT2D eigenvalue weighted by Gasteiger charge is 2.40. The van der Waals surface area contributed by atoms with Crippen molar-refractivity contribution in [3.05, 3.63) is 0 Å². The number of carbonyl (C=O) groups is 1. The summed E-state index contributed by atoms with van der Waals surface area (Å²) in [6.45, 7) is 10.9. The molecule has 0 aromatic rings. The predicted molar refractivity (Wildman–Crippen MR) is 71.6 cm³/mol. The van der Waals surface area contributed by atoms with Gasteiger partial charge in [0.1, 0.15) is 5.60 Å². The standard InChI is InChI=1S/C14H26N2O2/c1-13(2,3)18-12(17)15-9-14(4)7-8-16(10-14)11-5-6-11/h11H,5-10H2,1-4H3,(H,15,17). The van der Waals surface area contributed by atoms with Gasteiger partial charge in [0, 0.05) is 19.1 Å². The molecule has 0 aromatic heterocycles. The lowest BCUT2D eigenvalue weighted by atomic mass is 9.90. The molecule has 0 bridgehead atoms. The van der Waals surface area contributed by atoms with Crippen molar-refractivity contribution in [2.75, 3.05) is 19.6 Å². The molecule has 0 aromatic carbocycles. The van der Waals surface area contributed by atoms with Gasteiger partial charge in [0.05, 0.1) is 0 Å². The Hall–Kier alpha value is -0.770. The van der Waals surface area contributed by atoms with Gasteiger partial charge in [-0.2, -0.15) is 0 Å². The van der Waals surface area contributed by atoms with Crippen molar-refractivity contribution in [3.8, 4) is 0 Å². The number of alkyl carbamates (subject to hydrolysis) is 1. The fourth-order valence-corrected chi connectivity index (χ4v) is 2.56. The molecular weight excluding hydrogens is 228 g/mol. The van der Waals surface area contributed by atoms with Crippen LogP contribution >= 0.6 is 0 Å². The first-order valence-corrected chi connectivity index (χ1v) is 6.98. The van der Waals surface area contributed by atoms with Crippen molar-refractivity contribution < 1.29 is 9.53 Å². The Morgan fingerprint density at radius 3 is 2.67 bits per heavy atom. The van der Waals surface area contributed by atoms with Crippen LogP contribution in [-0.2, 0) is 4.74 Å². The molecule has 0 radical (unpaired) electrons. The van der Waals surface area contributed by atoms with Crippen LogP contribution in [0.3, 0.4) is 0 Å². The number of amides is 1. The Morgan fingerprint density at radius 1 is 1.44 bits per heavy atom. The Bertz CT molecular complexity index is 320. The lowest BCUT2D eigenvalue weighted by molar-refractivity contribution is 0.0504. The smallest absolute Gasteiger partial charge is 0.407 e. The lowest BCUT2D eigenvalue weighted by Crippen LogP contribution is -2.40. The van der Waals surface area contributed by atoms with Crippen LogP contribution in [0.5, 0.6) is 0 Å². The maximum atomic E-state index is 11.6. The van der Waals surface area contributed by atoms with Crippen LogP contribution in [0.1, 0.15) is 47.0 Å². The Labute approximate surface area is 110 Å². The first-order chi connectivity index (χ1) is 8.27. The van der Waals surface area contributed by atoms with Gasteiger partial charge in [0.15, 0.2) is 0 Å². The van der Waals surface area contributed by atoms with Gasteiger partial charge in [-0.05, 0) is 52.0 Å². The van der Waals surface area contributed by atoms with Crippen molar-refractivity contribution in [1.29, 1.82) is 0 Å². The minimum atomic E-state index is -0.416. The van der Waals surface area contributed by atoms with E-state index in [0.29, 0.717) is 6.54 Å². The number of likely N-dealkylation sites (tertiary alicyclic amines) is 1. The van der Waals surface area contributed by atoms with Crippen LogP contribution in [0, 0.1) is 5.41 Å². The molecule has 1 saturated carbocycles. The van der Waals surface area contributed by atoms with Gasteiger partial charge in [0.2, 0.25) is 0 Å². The zero-order valence-electron chi connectivity index (χ0n) is 12.1. The number of ether oxygens (including phenoxy) is 1. The third kappa shape index (κ3) is 3.87. The summed E-state index contributed by atoms with van der Waals surface area (Å²) in [4.78, 5) is 14.2. The van der Waals surface area contributed by atoms with E-state index in [1.165, 1.54) is 25.8 Å². The molecule has 1 aliphatic carbocycles. The van der Waals surface area contributed by atoms with E-state index in [0.717, 1.165) is 12.6 Å². The Morgan fingerprint density at radius 2 is 2.11 bits per heavy atom. The molecule has 1 unspecified atom stereocenters. The zero-order valence-corrected chi connectivity index (χ0v) is 12.1. The molecule has 2 rings (SSSR count). The molecule has 18 heavy (non-hydrogen) atoms. The number of nitrogens with one attached hydrogen (secondary N) is 1. The number of nitrogens with zero attached hydrogens (tertiary/aromatic N) is 1. The minimum absolute atomic E-state index is 0.208. The van der Waals surface area contributed by atoms with Gasteiger partial charge in [0.25, 0.3) is 0 Å². The molecule has 2 aliphatic rings. The van der Waals surface area contributed by atoms with E-state index in [9.17, 15) is 4.79 Å². The van der Waals surface area contributed by atoms with E-state index >= 15 is 0 Å². The van der Waals surface area contributed by atoms with Crippen LogP contribution < -0.4 is 5.32 Å². The summed E-state index contributed by atoms with van der Waals surface area (Å²) >= 11 is 0. The monoisotopic (exact) mass is 254 g/mol. The second-order valence-corrected chi connectivity index (χ2v) is 7.12. The largest absolute Gasteiger partial charge is 0.444 e. The van der Waals surface area contributed by atoms with Crippen molar-refractivity contribution >= 4 is 6.09 Å². The summed E-state index contributed by atoms with van der Waals surface area (Å²) in [6, 6.07) is 0.827. The van der Waals surface area contributed by atoms with Crippen LogP contribution in [0.25, 0.3) is 0 Å². The Balaban J connectivity index is 1.74. The minimum Gasteiger partial charge on any atom is -0.444 e. The van der Waals surface area contributed by atoms with Gasteiger partial charge in [-0.25, -0.2) is 4.79 Å². The van der Waals surface area contributed by atoms with E-state index in [1.807, 2.05) is 20.8 Å². The van der Waals surface area contributed by atoms with Crippen LogP contribution in [0.15, 0.2) is 0 Å². The summed E-state index contributed by atoms with van der Waals surface area (Å²) in [7, 11) is 0. The molecule has 1 N–H and O–H groups in total. The van der Waals surface area contributed by atoms with E-state index in [4.69, 9.17) is 4.74 Å². The molecule has 1 amide bonds. The highest BCUT2D eigenvalue weighted by molar-refractivity contribution is 5.67. The maximum Gasteiger partial charge on any atom is 0.407 e. The SMILES string of the molecule is CC1(CNC(=O)OC(C)(C)C)CCN(C2CC2)C1. The summed E-state index contributed by atoms with van der Waals surface area (Å²) < 4.78 is 5.27. The molecule has 2 fully saturated rings. The zero-order chi connectivity index (χ0) is 13.4. The average molecular weight is 254 g/mol. The summed E-state index contributed by atoms with van der Waals surface area (Å²) in [6.07, 6.45) is 3.58. The number of hydrogen-bond acceptors (Lipinski definition) is 3. The van der Waals surface area contributed by atoms with E-state index in [-0.39, 0.29) is 11.5 Å². The quantitative estimate of drug-likeness (QED) is 0.841. The molecule has 1 heterocycles. The normalized spacial score (nSPS) is 29.3. The van der Waals surface area contributed by atoms with Crippen molar-refractivity contribution in [2.24, 2.45) is 5.41 Å². The van der Waals surface area contributed by atoms with Gasteiger partial charge in [-0.15, -0.1) is 0 Å². The van der Waals surface area contributed by atoms with Crippen LogP contribution in [0.4, 0.5) is 4.79 Å². The first-order valence-electron chi connectivity index (χ1n) is 6.98.